The average Bonchev–Trinajstić information content (AvgIpc) is 2.55. The molecule has 0 aromatic rings. The van der Waals surface area contributed by atoms with Crippen molar-refractivity contribution in [3.63, 3.8) is 0 Å². The first-order valence-corrected chi connectivity index (χ1v) is 5.17. The first kappa shape index (κ1) is 9.15. The second-order valence-electron chi connectivity index (χ2n) is 4.99. The van der Waals surface area contributed by atoms with Gasteiger partial charge in [-0.2, -0.15) is 0 Å². The summed E-state index contributed by atoms with van der Waals surface area (Å²) in [6.07, 6.45) is 1.29. The highest BCUT2D eigenvalue weighted by Gasteiger charge is 2.89. The van der Waals surface area contributed by atoms with Crippen LogP contribution in [0.4, 0.5) is 0 Å². The SMILES string of the molecule is CN[C@@]1(C(=O)O)C2CC3C1C3(C(=O)O)C2. The molecule has 4 rings (SSSR count). The molecule has 0 aliphatic heterocycles. The molecule has 4 fully saturated rings. The maximum atomic E-state index is 11.3. The number of carbonyl (C=O) groups is 2. The van der Waals surface area contributed by atoms with E-state index in [-0.39, 0.29) is 17.8 Å². The minimum Gasteiger partial charge on any atom is -0.481 e. The Labute approximate surface area is 86.5 Å². The van der Waals surface area contributed by atoms with Crippen LogP contribution in [-0.4, -0.2) is 34.7 Å². The quantitative estimate of drug-likeness (QED) is 0.600. The van der Waals surface area contributed by atoms with Crippen LogP contribution in [0, 0.1) is 23.2 Å². The Hall–Kier alpha value is -1.10. The van der Waals surface area contributed by atoms with Gasteiger partial charge in [0.05, 0.1) is 5.41 Å². The van der Waals surface area contributed by atoms with Crippen molar-refractivity contribution in [1.82, 2.24) is 5.32 Å². The lowest BCUT2D eigenvalue weighted by Gasteiger charge is -2.27. The van der Waals surface area contributed by atoms with Crippen LogP contribution in [0.25, 0.3) is 0 Å². The van der Waals surface area contributed by atoms with Gasteiger partial charge in [-0.1, -0.05) is 0 Å². The summed E-state index contributed by atoms with van der Waals surface area (Å²) >= 11 is 0. The predicted octanol–water partition coefficient (Wildman–Crippen LogP) is -0.230. The van der Waals surface area contributed by atoms with Gasteiger partial charge in [0.2, 0.25) is 0 Å². The number of nitrogens with one attached hydrogen (secondary N) is 1. The lowest BCUT2D eigenvalue weighted by Crippen LogP contribution is -2.53. The van der Waals surface area contributed by atoms with Gasteiger partial charge in [0.25, 0.3) is 0 Å². The molecule has 0 amide bonds. The molecule has 0 radical (unpaired) electrons. The third-order valence-corrected chi connectivity index (χ3v) is 4.93. The minimum atomic E-state index is -0.969. The van der Waals surface area contributed by atoms with Gasteiger partial charge in [0.15, 0.2) is 0 Å². The zero-order chi connectivity index (χ0) is 11.0. The number of hydrogen-bond donors (Lipinski definition) is 3. The van der Waals surface area contributed by atoms with Crippen molar-refractivity contribution in [2.75, 3.05) is 7.05 Å². The molecular formula is C10H13NO4. The van der Waals surface area contributed by atoms with Crippen molar-refractivity contribution in [3.8, 4) is 0 Å². The molecule has 4 bridgehead atoms. The summed E-state index contributed by atoms with van der Waals surface area (Å²) in [5, 5.41) is 21.4. The van der Waals surface area contributed by atoms with Crippen molar-refractivity contribution in [1.29, 1.82) is 0 Å². The largest absolute Gasteiger partial charge is 0.481 e. The van der Waals surface area contributed by atoms with Crippen molar-refractivity contribution in [3.05, 3.63) is 0 Å². The highest BCUT2D eigenvalue weighted by molar-refractivity contribution is 5.90. The Balaban J connectivity index is 2.07. The summed E-state index contributed by atoms with van der Waals surface area (Å²) in [7, 11) is 1.62. The fourth-order valence-corrected chi connectivity index (χ4v) is 4.42. The van der Waals surface area contributed by atoms with Crippen molar-refractivity contribution >= 4 is 11.9 Å². The summed E-state index contributed by atoms with van der Waals surface area (Å²) < 4.78 is 0. The van der Waals surface area contributed by atoms with Gasteiger partial charge in [-0.05, 0) is 31.7 Å². The molecule has 3 N–H and O–H groups in total. The standard InChI is InChI=1S/C10H13NO4/c1-11-10(8(14)15)4-2-5-6(10)9(5,3-4)7(12)13/h4-6,11H,2-3H2,1H3,(H,12,13)(H,14,15)/t4?,5?,6?,9?,10-/m0/s1. The van der Waals surface area contributed by atoms with Crippen LogP contribution in [0.2, 0.25) is 0 Å². The van der Waals surface area contributed by atoms with Crippen molar-refractivity contribution in [2.45, 2.75) is 18.4 Å². The van der Waals surface area contributed by atoms with Crippen LogP contribution < -0.4 is 5.32 Å². The molecule has 4 saturated carbocycles. The molecule has 4 aliphatic rings. The molecule has 5 heteroatoms. The summed E-state index contributed by atoms with van der Waals surface area (Å²) in [6.45, 7) is 0. The number of likely N-dealkylation sites (N-methyl/N-ethyl adjacent to an activating group) is 1. The van der Waals surface area contributed by atoms with Gasteiger partial charge >= 0.3 is 11.9 Å². The molecular weight excluding hydrogens is 198 g/mol. The third kappa shape index (κ3) is 0.641. The first-order valence-electron chi connectivity index (χ1n) is 5.17. The topological polar surface area (TPSA) is 86.6 Å². The molecule has 0 spiro atoms. The van der Waals surface area contributed by atoms with Crippen molar-refractivity contribution < 1.29 is 19.8 Å². The zero-order valence-corrected chi connectivity index (χ0v) is 8.36. The molecule has 15 heavy (non-hydrogen) atoms. The smallest absolute Gasteiger partial charge is 0.324 e. The van der Waals surface area contributed by atoms with Gasteiger partial charge in [0.1, 0.15) is 5.54 Å². The maximum Gasteiger partial charge on any atom is 0.324 e. The van der Waals surface area contributed by atoms with E-state index in [1.165, 1.54) is 0 Å². The fourth-order valence-electron chi connectivity index (χ4n) is 4.42. The second kappa shape index (κ2) is 2.19. The lowest BCUT2D eigenvalue weighted by atomic mass is 9.88. The first-order chi connectivity index (χ1) is 7.01. The Morgan fingerprint density at radius 3 is 2.27 bits per heavy atom. The second-order valence-corrected chi connectivity index (χ2v) is 4.99. The summed E-state index contributed by atoms with van der Waals surface area (Å²) in [5.74, 6) is -1.81. The van der Waals surface area contributed by atoms with E-state index >= 15 is 0 Å². The van der Waals surface area contributed by atoms with Crippen LogP contribution in [0.15, 0.2) is 0 Å². The predicted molar refractivity (Wildman–Crippen MR) is 49.2 cm³/mol. The van der Waals surface area contributed by atoms with E-state index in [1.54, 1.807) is 7.05 Å². The molecule has 4 aliphatic carbocycles. The normalized spacial score (nSPS) is 54.3. The molecule has 0 aromatic carbocycles. The Morgan fingerprint density at radius 1 is 1.33 bits per heavy atom. The Kier molecular flexibility index (Phi) is 1.33. The van der Waals surface area contributed by atoms with E-state index in [1.807, 2.05) is 0 Å². The Bertz CT molecular complexity index is 382. The van der Waals surface area contributed by atoms with E-state index in [9.17, 15) is 19.8 Å². The van der Waals surface area contributed by atoms with Gasteiger partial charge in [0, 0.05) is 5.92 Å². The number of carboxylic acid groups (broad SMARTS) is 2. The molecule has 82 valence electrons. The highest BCUT2D eigenvalue weighted by Crippen LogP contribution is 2.82. The highest BCUT2D eigenvalue weighted by atomic mass is 16.4. The number of rotatable bonds is 3. The van der Waals surface area contributed by atoms with E-state index in [0.717, 1.165) is 6.42 Å². The van der Waals surface area contributed by atoms with E-state index < -0.39 is 22.9 Å². The maximum absolute atomic E-state index is 11.3. The summed E-state index contributed by atoms with van der Waals surface area (Å²) in [4.78, 5) is 22.5. The van der Waals surface area contributed by atoms with E-state index in [0.29, 0.717) is 6.42 Å². The van der Waals surface area contributed by atoms with Crippen LogP contribution >= 0.6 is 0 Å². The molecule has 5 nitrogen and oxygen atoms in total. The monoisotopic (exact) mass is 211 g/mol. The molecule has 0 aromatic heterocycles. The fraction of sp³-hybridized carbons (Fsp3) is 0.800. The van der Waals surface area contributed by atoms with Crippen molar-refractivity contribution in [2.24, 2.45) is 23.2 Å². The van der Waals surface area contributed by atoms with Crippen LogP contribution in [0.5, 0.6) is 0 Å². The van der Waals surface area contributed by atoms with E-state index in [2.05, 4.69) is 5.32 Å². The van der Waals surface area contributed by atoms with Crippen LogP contribution in [-0.2, 0) is 9.59 Å². The molecule has 5 atom stereocenters. The number of aliphatic carboxylic acids is 2. The average molecular weight is 211 g/mol. The van der Waals surface area contributed by atoms with Crippen LogP contribution in [0.1, 0.15) is 12.8 Å². The minimum absolute atomic E-state index is 0.00824. The van der Waals surface area contributed by atoms with Gasteiger partial charge < -0.3 is 15.5 Å². The summed E-state index contributed by atoms with van der Waals surface area (Å²) in [6, 6.07) is 0. The third-order valence-electron chi connectivity index (χ3n) is 4.93. The molecule has 0 saturated heterocycles. The zero-order valence-electron chi connectivity index (χ0n) is 8.36. The van der Waals surface area contributed by atoms with Gasteiger partial charge in [-0.15, -0.1) is 0 Å². The molecule has 4 unspecified atom stereocenters. The van der Waals surface area contributed by atoms with Gasteiger partial charge in [-0.25, -0.2) is 0 Å². The van der Waals surface area contributed by atoms with Crippen LogP contribution in [0.3, 0.4) is 0 Å². The molecule has 0 heterocycles. The number of hydrogen-bond acceptors (Lipinski definition) is 3. The summed E-state index contributed by atoms with van der Waals surface area (Å²) in [5.41, 5.74) is -1.69. The number of carboxylic acids is 2. The van der Waals surface area contributed by atoms with Gasteiger partial charge in [-0.3, -0.25) is 9.59 Å². The Morgan fingerprint density at radius 2 is 2.00 bits per heavy atom. The van der Waals surface area contributed by atoms with E-state index in [4.69, 9.17) is 0 Å². The lowest BCUT2D eigenvalue weighted by molar-refractivity contribution is -0.146.